The zero-order valence-corrected chi connectivity index (χ0v) is 9.07. The van der Waals surface area contributed by atoms with Crippen LogP contribution >= 0.6 is 0 Å². The molecular weight excluding hydrogens is 136 g/mol. The maximum absolute atomic E-state index is 2.40. The van der Waals surface area contributed by atoms with Gasteiger partial charge < -0.3 is 0 Å². The summed E-state index contributed by atoms with van der Waals surface area (Å²) in [6.07, 6.45) is 1.41. The molecule has 1 heteroatoms. The average Bonchev–Trinajstić information content (AvgIpc) is 1.58. The number of hydrogen-bond acceptors (Lipinski definition) is 0. The van der Waals surface area contributed by atoms with Crippen molar-refractivity contribution in [2.24, 2.45) is 11.8 Å². The second kappa shape index (κ2) is 4.95. The fourth-order valence-corrected chi connectivity index (χ4v) is 3.15. The van der Waals surface area contributed by atoms with Gasteiger partial charge in [0.05, 0.1) is 0 Å². The second-order valence-electron chi connectivity index (χ2n) is 4.15. The fraction of sp³-hybridized carbons (Fsp3) is 1.00. The van der Waals surface area contributed by atoms with E-state index in [4.69, 9.17) is 0 Å². The summed E-state index contributed by atoms with van der Waals surface area (Å²) in [4.78, 5) is 0. The Bertz CT molecular complexity index is 66.8. The van der Waals surface area contributed by atoms with E-state index in [0.29, 0.717) is 0 Å². The van der Waals surface area contributed by atoms with Gasteiger partial charge in [0.1, 0.15) is 0 Å². The van der Waals surface area contributed by atoms with Gasteiger partial charge in [-0.1, -0.05) is 39.9 Å². The Labute approximate surface area is 67.6 Å². The Morgan fingerprint density at radius 3 is 1.90 bits per heavy atom. The Balaban J connectivity index is 3.34. The van der Waals surface area contributed by atoms with E-state index in [9.17, 15) is 0 Å². The highest BCUT2D eigenvalue weighted by Crippen LogP contribution is 2.16. The summed E-state index contributed by atoms with van der Waals surface area (Å²) in [5, 5.41) is 0. The third kappa shape index (κ3) is 6.34. The van der Waals surface area contributed by atoms with Gasteiger partial charge in [-0.05, 0) is 18.3 Å². The van der Waals surface area contributed by atoms with Gasteiger partial charge in [0.2, 0.25) is 0 Å². The minimum atomic E-state index is 0.0211. The second-order valence-corrected chi connectivity index (χ2v) is 6.97. The topological polar surface area (TPSA) is 0 Å². The summed E-state index contributed by atoms with van der Waals surface area (Å²) in [7, 11) is 0.0211. The van der Waals surface area contributed by atoms with Gasteiger partial charge in [0.15, 0.2) is 0 Å². The predicted octanol–water partition coefficient (Wildman–Crippen LogP) is 3.42. The molecule has 1 radical (unpaired) electrons. The summed E-state index contributed by atoms with van der Waals surface area (Å²) >= 11 is 0. The Kier molecular flexibility index (Phi) is 5.05. The molecule has 0 aromatic heterocycles. The van der Waals surface area contributed by atoms with Gasteiger partial charge in [-0.3, -0.25) is 0 Å². The highest BCUT2D eigenvalue weighted by atomic mass is 28.3. The first kappa shape index (κ1) is 10.2. The van der Waals surface area contributed by atoms with E-state index in [1.54, 1.807) is 0 Å². The van der Waals surface area contributed by atoms with Crippen LogP contribution in [0.4, 0.5) is 0 Å². The fourth-order valence-electron chi connectivity index (χ4n) is 1.58. The van der Waals surface area contributed by atoms with Crippen LogP contribution in [0.5, 0.6) is 0 Å². The molecule has 0 aliphatic heterocycles. The summed E-state index contributed by atoms with van der Waals surface area (Å²) in [5.41, 5.74) is 0. The maximum atomic E-state index is 2.40. The standard InChI is InChI=1S/C9H21Si/c1-8(2)6-9(3)7-10(4)5/h8-9H,6-7H2,1-5H3. The lowest BCUT2D eigenvalue weighted by atomic mass is 10.0. The SMILES string of the molecule is CC(C)CC(C)C[Si](C)C. The lowest BCUT2D eigenvalue weighted by molar-refractivity contribution is 0.467. The van der Waals surface area contributed by atoms with Crippen molar-refractivity contribution in [1.82, 2.24) is 0 Å². The molecule has 0 saturated heterocycles. The van der Waals surface area contributed by atoms with Crippen molar-refractivity contribution in [2.75, 3.05) is 0 Å². The molecule has 0 rings (SSSR count). The van der Waals surface area contributed by atoms with Gasteiger partial charge in [0.25, 0.3) is 0 Å². The highest BCUT2D eigenvalue weighted by molar-refractivity contribution is 6.55. The van der Waals surface area contributed by atoms with Crippen molar-refractivity contribution in [3.05, 3.63) is 0 Å². The molecule has 0 aromatic carbocycles. The van der Waals surface area contributed by atoms with E-state index < -0.39 is 0 Å². The lowest BCUT2D eigenvalue weighted by Crippen LogP contribution is -2.08. The van der Waals surface area contributed by atoms with Crippen LogP contribution in [0.15, 0.2) is 0 Å². The van der Waals surface area contributed by atoms with Crippen molar-refractivity contribution in [2.45, 2.75) is 46.3 Å². The molecule has 0 amide bonds. The Hall–Kier alpha value is 0.217. The molecule has 0 aromatic rings. The van der Waals surface area contributed by atoms with Crippen LogP contribution in [0, 0.1) is 11.8 Å². The van der Waals surface area contributed by atoms with Gasteiger partial charge in [-0.2, -0.15) is 0 Å². The van der Waals surface area contributed by atoms with E-state index >= 15 is 0 Å². The Morgan fingerprint density at radius 2 is 1.60 bits per heavy atom. The van der Waals surface area contributed by atoms with Gasteiger partial charge in [-0.25, -0.2) is 0 Å². The van der Waals surface area contributed by atoms with Crippen molar-refractivity contribution >= 4 is 8.80 Å². The number of rotatable bonds is 4. The molecule has 0 fully saturated rings. The Morgan fingerprint density at radius 1 is 1.10 bits per heavy atom. The third-order valence-electron chi connectivity index (χ3n) is 1.63. The minimum Gasteiger partial charge on any atom is -0.0713 e. The molecule has 1 atom stereocenters. The molecule has 0 aliphatic rings. The first-order valence-electron chi connectivity index (χ1n) is 4.31. The summed E-state index contributed by atoms with van der Waals surface area (Å²) in [5.74, 6) is 1.85. The van der Waals surface area contributed by atoms with E-state index in [1.807, 2.05) is 0 Å². The van der Waals surface area contributed by atoms with Crippen molar-refractivity contribution in [3.63, 3.8) is 0 Å². The maximum Gasteiger partial charge on any atom is 0.0415 e. The monoisotopic (exact) mass is 157 g/mol. The third-order valence-corrected chi connectivity index (χ3v) is 3.14. The van der Waals surface area contributed by atoms with Gasteiger partial charge in [-0.15, -0.1) is 0 Å². The molecule has 0 aliphatic carbocycles. The summed E-state index contributed by atoms with van der Waals surface area (Å²) < 4.78 is 0. The van der Waals surface area contributed by atoms with Crippen molar-refractivity contribution < 1.29 is 0 Å². The van der Waals surface area contributed by atoms with Crippen molar-refractivity contribution in [1.29, 1.82) is 0 Å². The normalized spacial score (nSPS) is 14.7. The van der Waals surface area contributed by atoms with E-state index in [1.165, 1.54) is 12.5 Å². The van der Waals surface area contributed by atoms with E-state index in [2.05, 4.69) is 33.9 Å². The quantitative estimate of drug-likeness (QED) is 0.549. The molecule has 0 bridgehead atoms. The average molecular weight is 157 g/mol. The van der Waals surface area contributed by atoms with Crippen LogP contribution in [0.3, 0.4) is 0 Å². The van der Waals surface area contributed by atoms with Gasteiger partial charge in [0, 0.05) is 8.80 Å². The molecule has 61 valence electrons. The molecule has 0 heterocycles. The van der Waals surface area contributed by atoms with Crippen LogP contribution in [0.1, 0.15) is 27.2 Å². The molecule has 0 saturated carbocycles. The molecule has 1 unspecified atom stereocenters. The first-order chi connectivity index (χ1) is 4.52. The van der Waals surface area contributed by atoms with Crippen molar-refractivity contribution in [3.8, 4) is 0 Å². The first-order valence-corrected chi connectivity index (χ1v) is 7.02. The predicted molar refractivity (Wildman–Crippen MR) is 50.9 cm³/mol. The van der Waals surface area contributed by atoms with Crippen LogP contribution in [-0.2, 0) is 0 Å². The van der Waals surface area contributed by atoms with Gasteiger partial charge >= 0.3 is 0 Å². The zero-order valence-electron chi connectivity index (χ0n) is 8.07. The van der Waals surface area contributed by atoms with Crippen LogP contribution in [0.25, 0.3) is 0 Å². The zero-order chi connectivity index (χ0) is 8.15. The lowest BCUT2D eigenvalue weighted by Gasteiger charge is -2.14. The largest absolute Gasteiger partial charge is 0.0713 e. The summed E-state index contributed by atoms with van der Waals surface area (Å²) in [6.45, 7) is 11.8. The number of hydrogen-bond donors (Lipinski definition) is 0. The summed E-state index contributed by atoms with van der Waals surface area (Å²) in [6, 6.07) is 1.49. The van der Waals surface area contributed by atoms with E-state index in [0.717, 1.165) is 11.8 Å². The molecule has 0 spiro atoms. The minimum absolute atomic E-state index is 0.0211. The van der Waals surface area contributed by atoms with E-state index in [-0.39, 0.29) is 8.80 Å². The van der Waals surface area contributed by atoms with Crippen LogP contribution < -0.4 is 0 Å². The molecule has 0 nitrogen and oxygen atoms in total. The smallest absolute Gasteiger partial charge is 0.0415 e. The van der Waals surface area contributed by atoms with Crippen LogP contribution in [-0.4, -0.2) is 8.80 Å². The molecule has 0 N–H and O–H groups in total. The molecular formula is C9H21Si. The molecule has 10 heavy (non-hydrogen) atoms. The van der Waals surface area contributed by atoms with Crippen LogP contribution in [0.2, 0.25) is 19.1 Å². The highest BCUT2D eigenvalue weighted by Gasteiger charge is 2.07.